The molecule has 0 amide bonds. The Bertz CT molecular complexity index is 940. The van der Waals surface area contributed by atoms with E-state index in [9.17, 15) is 14.9 Å². The molecule has 10 heteroatoms. The highest BCUT2D eigenvalue weighted by atomic mass is 32.1. The minimum Gasteiger partial charge on any atom is -0.455 e. The van der Waals surface area contributed by atoms with Crippen LogP contribution in [0.15, 0.2) is 40.4 Å². The number of carbonyl (C=O) groups is 1. The van der Waals surface area contributed by atoms with Crippen LogP contribution in [-0.4, -0.2) is 34.1 Å². The number of rotatable bonds is 8. The summed E-state index contributed by atoms with van der Waals surface area (Å²) in [6, 6.07) is 5.81. The maximum atomic E-state index is 12.4. The van der Waals surface area contributed by atoms with E-state index in [0.29, 0.717) is 11.4 Å². The number of aromatic nitrogens is 1. The molecular weight excluding hydrogens is 390 g/mol. The third-order valence-corrected chi connectivity index (χ3v) is 5.16. The van der Waals surface area contributed by atoms with Crippen LogP contribution in [0.3, 0.4) is 0 Å². The summed E-state index contributed by atoms with van der Waals surface area (Å²) in [4.78, 5) is 27.3. The third kappa shape index (κ3) is 4.67. The lowest BCUT2D eigenvalue weighted by atomic mass is 10.1. The molecule has 0 saturated carbocycles. The highest BCUT2D eigenvalue weighted by molar-refractivity contribution is 7.14. The Morgan fingerprint density at radius 3 is 2.89 bits per heavy atom. The number of hydrogen-bond acceptors (Lipinski definition) is 9. The molecule has 0 aliphatic heterocycles. The number of anilines is 1. The molecule has 0 atom stereocenters. The Balaban J connectivity index is 1.73. The van der Waals surface area contributed by atoms with E-state index in [2.05, 4.69) is 10.3 Å². The Kier molecular flexibility index (Phi) is 6.12. The number of thiazole rings is 1. The zero-order chi connectivity index (χ0) is 19.2. The predicted molar refractivity (Wildman–Crippen MR) is 103 cm³/mol. The largest absolute Gasteiger partial charge is 0.455 e. The van der Waals surface area contributed by atoms with Gasteiger partial charge in [0.25, 0.3) is 5.69 Å². The number of carbonyl (C=O) groups excluding carboxylic acids is 1. The molecule has 0 saturated heterocycles. The van der Waals surface area contributed by atoms with Gasteiger partial charge in [0.15, 0.2) is 0 Å². The zero-order valence-corrected chi connectivity index (χ0v) is 15.6. The average molecular weight is 405 g/mol. The molecule has 0 spiro atoms. The number of ether oxygens (including phenoxy) is 1. The minimum absolute atomic E-state index is 0.0333. The quantitative estimate of drug-likeness (QED) is 0.335. The van der Waals surface area contributed by atoms with Crippen LogP contribution < -0.4 is 5.32 Å². The van der Waals surface area contributed by atoms with Crippen molar-refractivity contribution in [3.05, 3.63) is 61.8 Å². The molecule has 8 nitrogen and oxygen atoms in total. The van der Waals surface area contributed by atoms with Crippen LogP contribution in [0.1, 0.15) is 16.1 Å². The summed E-state index contributed by atoms with van der Waals surface area (Å²) < 4.78 is 5.28. The van der Waals surface area contributed by atoms with E-state index in [-0.39, 0.29) is 31.0 Å². The van der Waals surface area contributed by atoms with Crippen LogP contribution in [0, 0.1) is 10.1 Å². The maximum Gasteiger partial charge on any atom is 0.340 e. The van der Waals surface area contributed by atoms with Crippen molar-refractivity contribution in [2.75, 3.05) is 18.5 Å². The van der Waals surface area contributed by atoms with Crippen LogP contribution in [0.4, 0.5) is 11.4 Å². The molecule has 0 fully saturated rings. The zero-order valence-electron chi connectivity index (χ0n) is 14.0. The molecule has 27 heavy (non-hydrogen) atoms. The standard InChI is InChI=1S/C17H15N3O5S2/c21-5-4-18-15-2-1-13(20(23)24)7-14(15)17(22)25-8-12-10-27-16(19-12)11-3-6-26-9-11/h1-3,6-7,9-10,18,21H,4-5,8H2. The number of nitro groups is 1. The first-order valence-corrected chi connectivity index (χ1v) is 9.68. The molecule has 140 valence electrons. The highest BCUT2D eigenvalue weighted by Gasteiger charge is 2.18. The molecular formula is C17H15N3O5S2. The summed E-state index contributed by atoms with van der Waals surface area (Å²) in [7, 11) is 0. The van der Waals surface area contributed by atoms with Gasteiger partial charge in [0.1, 0.15) is 11.6 Å². The van der Waals surface area contributed by atoms with Crippen molar-refractivity contribution in [3.8, 4) is 10.6 Å². The van der Waals surface area contributed by atoms with E-state index < -0.39 is 10.9 Å². The second kappa shape index (κ2) is 8.71. The normalized spacial score (nSPS) is 10.6. The van der Waals surface area contributed by atoms with E-state index in [0.717, 1.165) is 16.6 Å². The number of aliphatic hydroxyl groups is 1. The van der Waals surface area contributed by atoms with Gasteiger partial charge in [-0.3, -0.25) is 10.1 Å². The first-order valence-electron chi connectivity index (χ1n) is 7.85. The van der Waals surface area contributed by atoms with Crippen molar-refractivity contribution in [3.63, 3.8) is 0 Å². The summed E-state index contributed by atoms with van der Waals surface area (Å²) in [5.74, 6) is -0.704. The van der Waals surface area contributed by atoms with Crippen LogP contribution in [0.5, 0.6) is 0 Å². The molecule has 3 aromatic rings. The summed E-state index contributed by atoms with van der Waals surface area (Å²) in [6.45, 7) is 0.0193. The molecule has 0 bridgehead atoms. The molecule has 2 aromatic heterocycles. The first-order chi connectivity index (χ1) is 13.1. The fraction of sp³-hybridized carbons (Fsp3) is 0.176. The number of nitro benzene ring substituents is 1. The lowest BCUT2D eigenvalue weighted by Crippen LogP contribution is -2.13. The van der Waals surface area contributed by atoms with Crippen LogP contribution in [-0.2, 0) is 11.3 Å². The van der Waals surface area contributed by atoms with Gasteiger partial charge in [0.2, 0.25) is 0 Å². The predicted octanol–water partition coefficient (Wildman–Crippen LogP) is 3.54. The van der Waals surface area contributed by atoms with Gasteiger partial charge in [-0.15, -0.1) is 11.3 Å². The number of aliphatic hydroxyl groups excluding tert-OH is 1. The summed E-state index contributed by atoms with van der Waals surface area (Å²) in [5, 5.41) is 29.3. The average Bonchev–Trinajstić information content (AvgIpc) is 3.35. The lowest BCUT2D eigenvalue weighted by Gasteiger charge is -2.10. The van der Waals surface area contributed by atoms with Gasteiger partial charge in [-0.1, -0.05) is 0 Å². The Morgan fingerprint density at radius 2 is 2.19 bits per heavy atom. The van der Waals surface area contributed by atoms with Crippen molar-refractivity contribution < 1.29 is 19.6 Å². The molecule has 0 aliphatic carbocycles. The van der Waals surface area contributed by atoms with E-state index in [1.54, 1.807) is 16.7 Å². The van der Waals surface area contributed by atoms with Gasteiger partial charge in [-0.25, -0.2) is 9.78 Å². The maximum absolute atomic E-state index is 12.4. The number of hydrogen-bond donors (Lipinski definition) is 2. The minimum atomic E-state index is -0.704. The molecule has 0 radical (unpaired) electrons. The lowest BCUT2D eigenvalue weighted by molar-refractivity contribution is -0.384. The number of nitrogens with one attached hydrogen (secondary N) is 1. The SMILES string of the molecule is O=C(OCc1csc(-c2ccsc2)n1)c1cc([N+](=O)[O-])ccc1NCCO. The second-order valence-corrected chi connectivity index (χ2v) is 7.01. The number of thiophene rings is 1. The molecule has 3 rings (SSSR count). The first kappa shape index (κ1) is 19.0. The van der Waals surface area contributed by atoms with Gasteiger partial charge in [-0.05, 0) is 17.5 Å². The number of esters is 1. The third-order valence-electron chi connectivity index (χ3n) is 3.53. The smallest absolute Gasteiger partial charge is 0.340 e. The molecule has 2 N–H and O–H groups in total. The number of non-ortho nitro benzene ring substituents is 1. The fourth-order valence-electron chi connectivity index (χ4n) is 2.27. The van der Waals surface area contributed by atoms with Crippen molar-refractivity contribution in [1.82, 2.24) is 4.98 Å². The molecule has 0 unspecified atom stereocenters. The van der Waals surface area contributed by atoms with E-state index in [1.807, 2.05) is 16.8 Å². The summed E-state index contributed by atoms with van der Waals surface area (Å²) in [5.41, 5.74) is 1.79. The molecule has 1 aromatic carbocycles. The van der Waals surface area contributed by atoms with E-state index >= 15 is 0 Å². The van der Waals surface area contributed by atoms with Crippen LogP contribution in [0.25, 0.3) is 10.6 Å². The molecule has 0 aliphatic rings. The topological polar surface area (TPSA) is 115 Å². The Labute approximate surface area is 162 Å². The van der Waals surface area contributed by atoms with Crippen molar-refractivity contribution >= 4 is 40.0 Å². The summed E-state index contributed by atoms with van der Waals surface area (Å²) in [6.07, 6.45) is 0. The Hall–Kier alpha value is -2.82. The van der Waals surface area contributed by atoms with E-state index in [1.165, 1.54) is 23.5 Å². The van der Waals surface area contributed by atoms with Crippen LogP contribution >= 0.6 is 22.7 Å². The van der Waals surface area contributed by atoms with Crippen molar-refractivity contribution in [1.29, 1.82) is 0 Å². The number of benzene rings is 1. The van der Waals surface area contributed by atoms with Crippen molar-refractivity contribution in [2.24, 2.45) is 0 Å². The molecule has 2 heterocycles. The fourth-order valence-corrected chi connectivity index (χ4v) is 3.79. The Morgan fingerprint density at radius 1 is 1.33 bits per heavy atom. The van der Waals surface area contributed by atoms with Crippen molar-refractivity contribution in [2.45, 2.75) is 6.61 Å². The van der Waals surface area contributed by atoms with Crippen LogP contribution in [0.2, 0.25) is 0 Å². The van der Waals surface area contributed by atoms with Gasteiger partial charge in [-0.2, -0.15) is 11.3 Å². The second-order valence-electron chi connectivity index (χ2n) is 5.37. The monoisotopic (exact) mass is 405 g/mol. The van der Waals surface area contributed by atoms with E-state index in [4.69, 9.17) is 9.84 Å². The summed E-state index contributed by atoms with van der Waals surface area (Å²) >= 11 is 3.02. The van der Waals surface area contributed by atoms with Gasteiger partial charge >= 0.3 is 5.97 Å². The van der Waals surface area contributed by atoms with Gasteiger partial charge in [0, 0.05) is 40.7 Å². The van der Waals surface area contributed by atoms with Gasteiger partial charge in [0.05, 0.1) is 22.8 Å². The van der Waals surface area contributed by atoms with Gasteiger partial charge < -0.3 is 15.2 Å². The highest BCUT2D eigenvalue weighted by Crippen LogP contribution is 2.27. The number of nitrogens with zero attached hydrogens (tertiary/aromatic N) is 2.